The van der Waals surface area contributed by atoms with E-state index >= 15 is 0 Å². The van der Waals surface area contributed by atoms with E-state index in [0.717, 1.165) is 4.57 Å². The van der Waals surface area contributed by atoms with E-state index in [1.807, 2.05) is 0 Å². The van der Waals surface area contributed by atoms with E-state index in [1.165, 1.54) is 0 Å². The van der Waals surface area contributed by atoms with Gasteiger partial charge in [-0.1, -0.05) is 6.07 Å². The highest BCUT2D eigenvalue weighted by atomic mass is 16.4. The van der Waals surface area contributed by atoms with Crippen molar-refractivity contribution in [3.63, 3.8) is 0 Å². The molecule has 1 aromatic heterocycles. The number of para-hydroxylation sites is 1. The highest BCUT2D eigenvalue weighted by Crippen LogP contribution is 2.20. The molecule has 0 saturated heterocycles. The van der Waals surface area contributed by atoms with Gasteiger partial charge in [0.15, 0.2) is 0 Å². The number of nitrogens with two attached hydrogens (primary N) is 1. The first-order valence-electron chi connectivity index (χ1n) is 4.08. The van der Waals surface area contributed by atoms with Crippen molar-refractivity contribution in [2.75, 3.05) is 5.73 Å². The van der Waals surface area contributed by atoms with Gasteiger partial charge in [-0.05, 0) is 19.1 Å². The average Bonchev–Trinajstić information content (AvgIpc) is 2.42. The van der Waals surface area contributed by atoms with Gasteiger partial charge in [-0.3, -0.25) is 0 Å². The summed E-state index contributed by atoms with van der Waals surface area (Å²) in [6.45, 7) is 1.63. The summed E-state index contributed by atoms with van der Waals surface area (Å²) >= 11 is 0. The average molecular weight is 191 g/mol. The third-order valence-electron chi connectivity index (χ3n) is 2.08. The highest BCUT2D eigenvalue weighted by Gasteiger charge is 2.13. The van der Waals surface area contributed by atoms with Crippen molar-refractivity contribution in [2.45, 2.75) is 6.92 Å². The zero-order valence-electron chi connectivity index (χ0n) is 7.56. The van der Waals surface area contributed by atoms with Crippen LogP contribution in [0.4, 0.5) is 10.5 Å². The SMILES string of the molecule is Cc1nc2c(N)cccc2n1C(=O)O. The minimum Gasteiger partial charge on any atom is -0.464 e. The normalized spacial score (nSPS) is 10.6. The number of anilines is 1. The van der Waals surface area contributed by atoms with E-state index in [4.69, 9.17) is 10.8 Å². The number of imidazole rings is 1. The van der Waals surface area contributed by atoms with Crippen molar-refractivity contribution in [3.8, 4) is 0 Å². The minimum atomic E-state index is -1.05. The van der Waals surface area contributed by atoms with Crippen LogP contribution in [-0.2, 0) is 0 Å². The molecule has 2 rings (SSSR count). The molecule has 0 unspecified atom stereocenters. The van der Waals surface area contributed by atoms with E-state index in [2.05, 4.69) is 4.98 Å². The van der Waals surface area contributed by atoms with Crippen LogP contribution in [0.25, 0.3) is 11.0 Å². The Morgan fingerprint density at radius 2 is 2.29 bits per heavy atom. The standard InChI is InChI=1S/C9H9N3O2/c1-5-11-8-6(10)3-2-4-7(8)12(5)9(13)14/h2-4H,10H2,1H3,(H,13,14). The minimum absolute atomic E-state index is 0.422. The Bertz CT molecular complexity index is 516. The lowest BCUT2D eigenvalue weighted by molar-refractivity contribution is 0.197. The van der Waals surface area contributed by atoms with Crippen LogP contribution in [0, 0.1) is 6.92 Å². The number of rotatable bonds is 0. The summed E-state index contributed by atoms with van der Waals surface area (Å²) < 4.78 is 1.12. The van der Waals surface area contributed by atoms with E-state index in [9.17, 15) is 4.79 Å². The second kappa shape index (κ2) is 2.73. The molecule has 0 aliphatic carbocycles. The molecular formula is C9H9N3O2. The molecule has 0 atom stereocenters. The number of benzene rings is 1. The molecule has 0 saturated carbocycles. The molecule has 1 aromatic carbocycles. The Morgan fingerprint density at radius 3 is 2.93 bits per heavy atom. The van der Waals surface area contributed by atoms with E-state index in [-0.39, 0.29) is 0 Å². The number of aryl methyl sites for hydroxylation is 1. The van der Waals surface area contributed by atoms with Crippen LogP contribution in [0.2, 0.25) is 0 Å². The molecule has 0 amide bonds. The van der Waals surface area contributed by atoms with Gasteiger partial charge < -0.3 is 10.8 Å². The number of hydrogen-bond donors (Lipinski definition) is 2. The molecule has 3 N–H and O–H groups in total. The number of hydrogen-bond acceptors (Lipinski definition) is 3. The monoisotopic (exact) mass is 191 g/mol. The zero-order chi connectivity index (χ0) is 10.3. The van der Waals surface area contributed by atoms with Gasteiger partial charge in [-0.2, -0.15) is 0 Å². The quantitative estimate of drug-likeness (QED) is 0.617. The van der Waals surface area contributed by atoms with Crippen molar-refractivity contribution in [3.05, 3.63) is 24.0 Å². The maximum atomic E-state index is 10.9. The summed E-state index contributed by atoms with van der Waals surface area (Å²) in [6, 6.07) is 5.08. The molecule has 14 heavy (non-hydrogen) atoms. The fourth-order valence-corrected chi connectivity index (χ4v) is 1.48. The zero-order valence-corrected chi connectivity index (χ0v) is 7.56. The molecule has 0 fully saturated rings. The largest absolute Gasteiger partial charge is 0.464 e. The van der Waals surface area contributed by atoms with Crippen LogP contribution >= 0.6 is 0 Å². The Kier molecular flexibility index (Phi) is 1.67. The second-order valence-electron chi connectivity index (χ2n) is 2.99. The van der Waals surface area contributed by atoms with Crippen LogP contribution in [0.5, 0.6) is 0 Å². The number of carboxylic acid groups (broad SMARTS) is 1. The summed E-state index contributed by atoms with van der Waals surface area (Å²) in [5.74, 6) is 0.422. The Balaban J connectivity index is 2.90. The third-order valence-corrected chi connectivity index (χ3v) is 2.08. The van der Waals surface area contributed by atoms with Crippen molar-refractivity contribution in [1.82, 2.24) is 9.55 Å². The van der Waals surface area contributed by atoms with E-state index in [0.29, 0.717) is 22.5 Å². The maximum absolute atomic E-state index is 10.9. The van der Waals surface area contributed by atoms with Crippen LogP contribution in [0.15, 0.2) is 18.2 Å². The molecule has 0 radical (unpaired) electrons. The summed E-state index contributed by atoms with van der Waals surface area (Å²) in [4.78, 5) is 15.0. The molecule has 1 heterocycles. The summed E-state index contributed by atoms with van der Waals surface area (Å²) in [5.41, 5.74) is 7.22. The first kappa shape index (κ1) is 8.55. The number of nitrogens with zero attached hydrogens (tertiary/aromatic N) is 2. The van der Waals surface area contributed by atoms with Gasteiger partial charge in [0.25, 0.3) is 0 Å². The van der Waals surface area contributed by atoms with Crippen LogP contribution < -0.4 is 5.73 Å². The topological polar surface area (TPSA) is 81.1 Å². The maximum Gasteiger partial charge on any atom is 0.417 e. The predicted octanol–water partition coefficient (Wildman–Crippen LogP) is 1.45. The van der Waals surface area contributed by atoms with Crippen LogP contribution in [0.1, 0.15) is 5.82 Å². The summed E-state index contributed by atoms with van der Waals surface area (Å²) in [6.07, 6.45) is -1.05. The second-order valence-corrected chi connectivity index (χ2v) is 2.99. The Morgan fingerprint density at radius 1 is 1.57 bits per heavy atom. The van der Waals surface area contributed by atoms with Gasteiger partial charge in [0, 0.05) is 0 Å². The molecule has 5 nitrogen and oxygen atoms in total. The summed E-state index contributed by atoms with van der Waals surface area (Å²) in [5, 5.41) is 8.93. The van der Waals surface area contributed by atoms with Crippen LogP contribution in [0.3, 0.4) is 0 Å². The smallest absolute Gasteiger partial charge is 0.417 e. The molecule has 2 aromatic rings. The fraction of sp³-hybridized carbons (Fsp3) is 0.111. The van der Waals surface area contributed by atoms with Gasteiger partial charge in [-0.25, -0.2) is 14.3 Å². The number of fused-ring (bicyclic) bond motifs is 1. The number of carbonyl (C=O) groups is 1. The van der Waals surface area contributed by atoms with Gasteiger partial charge in [-0.15, -0.1) is 0 Å². The van der Waals surface area contributed by atoms with Gasteiger partial charge in [0.2, 0.25) is 0 Å². The van der Waals surface area contributed by atoms with Crippen molar-refractivity contribution >= 4 is 22.8 Å². The molecule has 0 bridgehead atoms. The van der Waals surface area contributed by atoms with Crippen molar-refractivity contribution in [2.24, 2.45) is 0 Å². The first-order valence-corrected chi connectivity index (χ1v) is 4.08. The lowest BCUT2D eigenvalue weighted by Gasteiger charge is -1.98. The molecule has 72 valence electrons. The van der Waals surface area contributed by atoms with Crippen molar-refractivity contribution < 1.29 is 9.90 Å². The predicted molar refractivity (Wildman–Crippen MR) is 52.3 cm³/mol. The lowest BCUT2D eigenvalue weighted by Crippen LogP contribution is -2.09. The molecule has 5 heteroatoms. The molecule has 0 aliphatic rings. The Hall–Kier alpha value is -2.04. The van der Waals surface area contributed by atoms with E-state index in [1.54, 1.807) is 25.1 Å². The fourth-order valence-electron chi connectivity index (χ4n) is 1.48. The van der Waals surface area contributed by atoms with Gasteiger partial charge in [0.1, 0.15) is 11.3 Å². The van der Waals surface area contributed by atoms with Gasteiger partial charge in [0.05, 0.1) is 11.2 Å². The first-order chi connectivity index (χ1) is 6.61. The Labute approximate surface area is 79.8 Å². The molecule has 0 spiro atoms. The van der Waals surface area contributed by atoms with Crippen LogP contribution in [-0.4, -0.2) is 20.8 Å². The van der Waals surface area contributed by atoms with E-state index < -0.39 is 6.09 Å². The number of nitrogen functional groups attached to an aromatic ring is 1. The van der Waals surface area contributed by atoms with Crippen molar-refractivity contribution in [1.29, 1.82) is 0 Å². The third kappa shape index (κ3) is 1.02. The highest BCUT2D eigenvalue weighted by molar-refractivity contribution is 5.93. The molecular weight excluding hydrogens is 182 g/mol. The summed E-state index contributed by atoms with van der Waals surface area (Å²) in [7, 11) is 0. The number of aromatic nitrogens is 2. The van der Waals surface area contributed by atoms with Gasteiger partial charge >= 0.3 is 6.09 Å². The lowest BCUT2D eigenvalue weighted by atomic mass is 10.3. The molecule has 0 aliphatic heterocycles.